The monoisotopic (exact) mass is 444 g/mol. The molecule has 2 aliphatic heterocycles. The number of hydrogen-bond donors (Lipinski definition) is 7. The zero-order valence-corrected chi connectivity index (χ0v) is 16.6. The number of hydrogen-bond acceptors (Lipinski definition) is 11. The van der Waals surface area contributed by atoms with Crippen LogP contribution in [0.3, 0.4) is 0 Å². The molecule has 2 saturated heterocycles. The minimum atomic E-state index is -1.87. The molecule has 0 aliphatic carbocycles. The molecule has 2 aliphatic rings. The molecule has 11 nitrogen and oxygen atoms in total. The highest BCUT2D eigenvalue weighted by Crippen LogP contribution is 2.29. The molecule has 2 fully saturated rings. The predicted octanol–water partition coefficient (Wildman–Crippen LogP) is -2.66. The zero-order valence-electron chi connectivity index (χ0n) is 16.6. The summed E-state index contributed by atoms with van der Waals surface area (Å²) in [6.07, 6.45) is -6.97. The van der Waals surface area contributed by atoms with Gasteiger partial charge in [-0.3, -0.25) is 0 Å². The van der Waals surface area contributed by atoms with Gasteiger partial charge in [-0.05, 0) is 6.07 Å². The molecule has 1 aromatic carbocycles. The standard InChI is InChI=1S/C20H28O11/c21-7-3-5-11-4-1-2-6-12(11)30-18-16(25)15(24)14(23)13(31-18)8-28-19-17(26)20(27,9-22)10-29-19/h1-6,13-19,21-27H,7-10H2/b5-3+/t13-,14-,15+,16-,17+,18-,19-,20-/m1/s1. The maximum absolute atomic E-state index is 10.3. The average molecular weight is 444 g/mol. The Morgan fingerprint density at radius 3 is 2.45 bits per heavy atom. The van der Waals surface area contributed by atoms with Crippen molar-refractivity contribution in [3.05, 3.63) is 35.9 Å². The number of benzene rings is 1. The van der Waals surface area contributed by atoms with Crippen LogP contribution in [0.5, 0.6) is 5.75 Å². The predicted molar refractivity (Wildman–Crippen MR) is 104 cm³/mol. The van der Waals surface area contributed by atoms with E-state index < -0.39 is 55.3 Å². The van der Waals surface area contributed by atoms with Crippen molar-refractivity contribution >= 4 is 6.08 Å². The van der Waals surface area contributed by atoms with Crippen molar-refractivity contribution in [2.24, 2.45) is 0 Å². The van der Waals surface area contributed by atoms with Gasteiger partial charge in [0, 0.05) is 5.56 Å². The van der Waals surface area contributed by atoms with Gasteiger partial charge >= 0.3 is 0 Å². The molecule has 8 atom stereocenters. The summed E-state index contributed by atoms with van der Waals surface area (Å²) in [4.78, 5) is 0. The molecule has 0 radical (unpaired) electrons. The van der Waals surface area contributed by atoms with Crippen LogP contribution in [-0.4, -0.2) is 111 Å². The van der Waals surface area contributed by atoms with E-state index in [1.54, 1.807) is 30.3 Å². The van der Waals surface area contributed by atoms with Crippen LogP contribution in [0.25, 0.3) is 6.08 Å². The van der Waals surface area contributed by atoms with Crippen molar-refractivity contribution in [1.29, 1.82) is 0 Å². The van der Waals surface area contributed by atoms with Crippen LogP contribution in [0, 0.1) is 0 Å². The Hall–Kier alpha value is -1.64. The first-order valence-corrected chi connectivity index (χ1v) is 9.78. The van der Waals surface area contributed by atoms with Crippen molar-refractivity contribution in [2.75, 3.05) is 26.4 Å². The molecule has 7 N–H and O–H groups in total. The number of rotatable bonds is 8. The maximum atomic E-state index is 10.3. The van der Waals surface area contributed by atoms with Gasteiger partial charge in [0.2, 0.25) is 6.29 Å². The highest BCUT2D eigenvalue weighted by Gasteiger charge is 2.50. The molecule has 3 rings (SSSR count). The third kappa shape index (κ3) is 5.23. The molecule has 0 amide bonds. The Bertz CT molecular complexity index is 744. The zero-order chi connectivity index (χ0) is 22.6. The van der Waals surface area contributed by atoms with Crippen LogP contribution in [0.1, 0.15) is 5.56 Å². The van der Waals surface area contributed by atoms with Gasteiger partial charge in [0.05, 0.1) is 26.4 Å². The van der Waals surface area contributed by atoms with Gasteiger partial charge in [-0.15, -0.1) is 0 Å². The SMILES string of the molecule is OC/C=C/c1ccccc1O[C@@H]1O[C@H](CO[C@@H]2OC[C@](O)(CO)[C@H]2O)[C@@H](O)[C@H](O)[C@H]1O. The summed E-state index contributed by atoms with van der Waals surface area (Å²) in [5.74, 6) is 0.307. The molecule has 11 heteroatoms. The second-order valence-corrected chi connectivity index (χ2v) is 7.47. The van der Waals surface area contributed by atoms with Crippen LogP contribution >= 0.6 is 0 Å². The second-order valence-electron chi connectivity index (χ2n) is 7.47. The molecule has 0 saturated carbocycles. The Labute approximate surface area is 178 Å². The molecule has 31 heavy (non-hydrogen) atoms. The van der Waals surface area contributed by atoms with Gasteiger partial charge in [0.1, 0.15) is 41.9 Å². The van der Waals surface area contributed by atoms with Crippen molar-refractivity contribution in [3.63, 3.8) is 0 Å². The Balaban J connectivity index is 1.67. The van der Waals surface area contributed by atoms with Gasteiger partial charge in [0.15, 0.2) is 6.29 Å². The van der Waals surface area contributed by atoms with Crippen LogP contribution < -0.4 is 4.74 Å². The van der Waals surface area contributed by atoms with E-state index in [9.17, 15) is 30.6 Å². The van der Waals surface area contributed by atoms with E-state index in [-0.39, 0.29) is 19.8 Å². The van der Waals surface area contributed by atoms with E-state index in [0.717, 1.165) is 0 Å². The molecule has 0 unspecified atom stereocenters. The number of aliphatic hydroxyl groups excluding tert-OH is 6. The lowest BCUT2D eigenvalue weighted by Crippen LogP contribution is -2.60. The minimum Gasteiger partial charge on any atom is -0.461 e. The van der Waals surface area contributed by atoms with E-state index >= 15 is 0 Å². The topological polar surface area (TPSA) is 179 Å². The summed E-state index contributed by atoms with van der Waals surface area (Å²) in [6, 6.07) is 6.75. The maximum Gasteiger partial charge on any atom is 0.229 e. The summed E-state index contributed by atoms with van der Waals surface area (Å²) in [6.45, 7) is -1.64. The van der Waals surface area contributed by atoms with Crippen molar-refractivity contribution in [3.8, 4) is 5.75 Å². The van der Waals surface area contributed by atoms with Gasteiger partial charge in [-0.1, -0.05) is 30.4 Å². The number of aliphatic hydroxyl groups is 7. The number of ether oxygens (including phenoxy) is 4. The largest absolute Gasteiger partial charge is 0.461 e. The Kier molecular flexibility index (Phi) is 7.99. The fourth-order valence-electron chi connectivity index (χ4n) is 3.31. The summed E-state index contributed by atoms with van der Waals surface area (Å²) in [5, 5.41) is 69.0. The van der Waals surface area contributed by atoms with Crippen LogP contribution in [0.4, 0.5) is 0 Å². The summed E-state index contributed by atoms with van der Waals surface area (Å²) in [5.41, 5.74) is -1.28. The molecule has 0 bridgehead atoms. The normalized spacial score (nSPS) is 38.6. The first-order chi connectivity index (χ1) is 14.8. The average Bonchev–Trinajstić information content (AvgIpc) is 3.07. The van der Waals surface area contributed by atoms with Crippen LogP contribution in [0.2, 0.25) is 0 Å². The highest BCUT2D eigenvalue weighted by molar-refractivity contribution is 5.57. The lowest BCUT2D eigenvalue weighted by molar-refractivity contribution is -0.289. The fourth-order valence-corrected chi connectivity index (χ4v) is 3.31. The Morgan fingerprint density at radius 1 is 1.03 bits per heavy atom. The lowest BCUT2D eigenvalue weighted by atomic mass is 9.99. The van der Waals surface area contributed by atoms with Crippen LogP contribution in [-0.2, 0) is 14.2 Å². The van der Waals surface area contributed by atoms with Crippen molar-refractivity contribution in [1.82, 2.24) is 0 Å². The summed E-state index contributed by atoms with van der Waals surface area (Å²) < 4.78 is 21.8. The fraction of sp³-hybridized carbons (Fsp3) is 0.600. The van der Waals surface area contributed by atoms with E-state index in [1.165, 1.54) is 6.08 Å². The summed E-state index contributed by atoms with van der Waals surface area (Å²) in [7, 11) is 0. The number of para-hydroxylation sites is 1. The van der Waals surface area contributed by atoms with Crippen molar-refractivity contribution < 1.29 is 54.7 Å². The quantitative estimate of drug-likeness (QED) is 0.222. The smallest absolute Gasteiger partial charge is 0.229 e. The molecule has 0 spiro atoms. The third-order valence-corrected chi connectivity index (χ3v) is 5.24. The van der Waals surface area contributed by atoms with Gasteiger partial charge in [0.25, 0.3) is 0 Å². The molecular formula is C20H28O11. The van der Waals surface area contributed by atoms with Gasteiger partial charge < -0.3 is 54.7 Å². The minimum absolute atomic E-state index is 0.179. The van der Waals surface area contributed by atoms with E-state index in [0.29, 0.717) is 11.3 Å². The molecule has 2 heterocycles. The third-order valence-electron chi connectivity index (χ3n) is 5.24. The summed E-state index contributed by atoms with van der Waals surface area (Å²) >= 11 is 0. The molecule has 1 aromatic rings. The van der Waals surface area contributed by atoms with E-state index in [2.05, 4.69) is 0 Å². The first-order valence-electron chi connectivity index (χ1n) is 9.78. The Morgan fingerprint density at radius 2 is 1.77 bits per heavy atom. The molecular weight excluding hydrogens is 416 g/mol. The van der Waals surface area contributed by atoms with Crippen LogP contribution in [0.15, 0.2) is 30.3 Å². The second kappa shape index (κ2) is 10.3. The van der Waals surface area contributed by atoms with Gasteiger partial charge in [-0.25, -0.2) is 0 Å². The highest BCUT2D eigenvalue weighted by atomic mass is 16.7. The first kappa shape index (κ1) is 24.0. The van der Waals surface area contributed by atoms with Crippen molar-refractivity contribution in [2.45, 2.75) is 48.7 Å². The van der Waals surface area contributed by atoms with E-state index in [1.807, 2.05) is 0 Å². The van der Waals surface area contributed by atoms with E-state index in [4.69, 9.17) is 24.1 Å². The molecule has 174 valence electrons. The van der Waals surface area contributed by atoms with Gasteiger partial charge in [-0.2, -0.15) is 0 Å². The lowest BCUT2D eigenvalue weighted by Gasteiger charge is -2.40. The molecule has 0 aromatic heterocycles.